The number of nitro groups is 1. The first-order valence-corrected chi connectivity index (χ1v) is 10.0. The molecule has 1 unspecified atom stereocenters. The molecule has 9 heteroatoms. The highest BCUT2D eigenvalue weighted by Gasteiger charge is 2.45. The van der Waals surface area contributed by atoms with Gasteiger partial charge in [-0.05, 0) is 30.3 Å². The number of rotatable bonds is 5. The molecule has 3 aromatic carbocycles. The summed E-state index contributed by atoms with van der Waals surface area (Å²) in [5.74, 6) is -1.50. The lowest BCUT2D eigenvalue weighted by Crippen LogP contribution is -2.29. The summed E-state index contributed by atoms with van der Waals surface area (Å²) in [6, 6.07) is 20.5. The van der Waals surface area contributed by atoms with Gasteiger partial charge in [-0.2, -0.15) is 5.10 Å². The van der Waals surface area contributed by atoms with E-state index in [9.17, 15) is 24.8 Å². The van der Waals surface area contributed by atoms with E-state index in [1.165, 1.54) is 35.2 Å². The molecule has 4 aromatic rings. The Morgan fingerprint density at radius 2 is 1.67 bits per heavy atom. The topological polar surface area (TPSA) is 129 Å². The van der Waals surface area contributed by atoms with Crippen LogP contribution in [0.5, 0.6) is 0 Å². The number of aromatic carboxylic acids is 1. The number of carboxylic acid groups (broad SMARTS) is 1. The highest BCUT2D eigenvalue weighted by molar-refractivity contribution is 6.12. The maximum absolute atomic E-state index is 13.5. The number of nitrogens with zero attached hydrogens (tertiary/aromatic N) is 3. The monoisotopic (exact) mass is 440 g/mol. The number of carboxylic acids is 1. The second kappa shape index (κ2) is 7.72. The number of hydrogen-bond acceptors (Lipinski definition) is 5. The van der Waals surface area contributed by atoms with Crippen molar-refractivity contribution in [2.75, 3.05) is 4.90 Å². The molecular weight excluding hydrogens is 424 g/mol. The fourth-order valence-corrected chi connectivity index (χ4v) is 4.17. The van der Waals surface area contributed by atoms with E-state index in [0.717, 1.165) is 5.56 Å². The summed E-state index contributed by atoms with van der Waals surface area (Å²) in [6.07, 6.45) is 0. The van der Waals surface area contributed by atoms with E-state index in [2.05, 4.69) is 10.2 Å². The highest BCUT2D eigenvalue weighted by Crippen LogP contribution is 2.47. The van der Waals surface area contributed by atoms with Crippen LogP contribution in [-0.4, -0.2) is 32.1 Å². The zero-order valence-electron chi connectivity index (χ0n) is 17.0. The third-order valence-corrected chi connectivity index (χ3v) is 5.64. The summed E-state index contributed by atoms with van der Waals surface area (Å²) in [7, 11) is 0. The summed E-state index contributed by atoms with van der Waals surface area (Å²) in [5.41, 5.74) is 2.73. The Morgan fingerprint density at radius 3 is 2.33 bits per heavy atom. The first-order valence-electron chi connectivity index (χ1n) is 10.0. The number of hydrogen-bond donors (Lipinski definition) is 2. The van der Waals surface area contributed by atoms with Gasteiger partial charge in [0, 0.05) is 22.9 Å². The summed E-state index contributed by atoms with van der Waals surface area (Å²) >= 11 is 0. The van der Waals surface area contributed by atoms with Crippen molar-refractivity contribution in [2.24, 2.45) is 0 Å². The number of H-pyrrole nitrogens is 1. The van der Waals surface area contributed by atoms with Crippen LogP contribution < -0.4 is 4.90 Å². The molecule has 2 heterocycles. The zero-order chi connectivity index (χ0) is 23.1. The van der Waals surface area contributed by atoms with Crippen molar-refractivity contribution < 1.29 is 19.6 Å². The van der Waals surface area contributed by atoms with Crippen LogP contribution in [-0.2, 0) is 0 Å². The molecule has 1 aliphatic rings. The third kappa shape index (κ3) is 3.23. The van der Waals surface area contributed by atoms with Crippen LogP contribution in [0.3, 0.4) is 0 Å². The number of fused-ring (bicyclic) bond motifs is 1. The van der Waals surface area contributed by atoms with E-state index in [1.54, 1.807) is 18.2 Å². The number of nitrogens with one attached hydrogen (secondary N) is 1. The molecule has 162 valence electrons. The molecule has 2 N–H and O–H groups in total. The van der Waals surface area contributed by atoms with Crippen LogP contribution in [0.15, 0.2) is 78.9 Å². The average Bonchev–Trinajstić information content (AvgIpc) is 3.38. The van der Waals surface area contributed by atoms with Gasteiger partial charge in [0.15, 0.2) is 0 Å². The molecule has 0 saturated carbocycles. The van der Waals surface area contributed by atoms with Crippen LogP contribution in [0.25, 0.3) is 11.3 Å². The number of amides is 1. The molecule has 1 amide bonds. The van der Waals surface area contributed by atoms with E-state index in [0.29, 0.717) is 22.5 Å². The van der Waals surface area contributed by atoms with E-state index in [4.69, 9.17) is 0 Å². The summed E-state index contributed by atoms with van der Waals surface area (Å²) < 4.78 is 0. The first kappa shape index (κ1) is 20.1. The van der Waals surface area contributed by atoms with Crippen molar-refractivity contribution in [3.63, 3.8) is 0 Å². The van der Waals surface area contributed by atoms with Crippen LogP contribution in [0.2, 0.25) is 0 Å². The van der Waals surface area contributed by atoms with Gasteiger partial charge in [0.2, 0.25) is 0 Å². The quantitative estimate of drug-likeness (QED) is 0.349. The van der Waals surface area contributed by atoms with E-state index in [1.807, 2.05) is 30.3 Å². The molecule has 0 fully saturated rings. The van der Waals surface area contributed by atoms with Crippen molar-refractivity contribution in [3.05, 3.63) is 111 Å². The number of benzene rings is 3. The number of carbonyl (C=O) groups is 2. The molecule has 0 aliphatic carbocycles. The lowest BCUT2D eigenvalue weighted by atomic mass is 9.94. The van der Waals surface area contributed by atoms with Crippen molar-refractivity contribution >= 4 is 23.3 Å². The Balaban J connectivity index is 1.75. The SMILES string of the molecule is O=C(O)c1ccc(N2C(=O)c3[nH]nc(-c4ccccc4)c3C2c2ccccc2[N+](=O)[O-])cc1. The normalized spacial score (nSPS) is 14.8. The Labute approximate surface area is 187 Å². The number of carbonyl (C=O) groups excluding carboxylic acids is 1. The number of aromatic amines is 1. The fourth-order valence-electron chi connectivity index (χ4n) is 4.17. The predicted molar refractivity (Wildman–Crippen MR) is 119 cm³/mol. The summed E-state index contributed by atoms with van der Waals surface area (Å²) in [5, 5.41) is 28.2. The van der Waals surface area contributed by atoms with Crippen molar-refractivity contribution in [2.45, 2.75) is 6.04 Å². The maximum Gasteiger partial charge on any atom is 0.335 e. The van der Waals surface area contributed by atoms with E-state index < -0.39 is 22.8 Å². The summed E-state index contributed by atoms with van der Waals surface area (Å²) in [6.45, 7) is 0. The van der Waals surface area contributed by atoms with Gasteiger partial charge >= 0.3 is 5.97 Å². The lowest BCUT2D eigenvalue weighted by molar-refractivity contribution is -0.385. The van der Waals surface area contributed by atoms with Gasteiger partial charge in [-0.25, -0.2) is 4.79 Å². The predicted octanol–water partition coefficient (Wildman–Crippen LogP) is 4.43. The molecule has 33 heavy (non-hydrogen) atoms. The van der Waals surface area contributed by atoms with Crippen LogP contribution in [0.4, 0.5) is 11.4 Å². The van der Waals surface area contributed by atoms with Crippen LogP contribution in [0, 0.1) is 10.1 Å². The van der Waals surface area contributed by atoms with Crippen molar-refractivity contribution in [1.29, 1.82) is 0 Å². The maximum atomic E-state index is 13.5. The van der Waals surface area contributed by atoms with Gasteiger partial charge < -0.3 is 5.11 Å². The molecule has 5 rings (SSSR count). The molecule has 1 aromatic heterocycles. The zero-order valence-corrected chi connectivity index (χ0v) is 17.0. The molecular formula is C24H16N4O5. The molecule has 1 atom stereocenters. The number of para-hydroxylation sites is 1. The Kier molecular flexibility index (Phi) is 4.71. The molecule has 0 bridgehead atoms. The van der Waals surface area contributed by atoms with Gasteiger partial charge in [0.25, 0.3) is 11.6 Å². The summed E-state index contributed by atoms with van der Waals surface area (Å²) in [4.78, 5) is 37.6. The second-order valence-electron chi connectivity index (χ2n) is 7.47. The van der Waals surface area contributed by atoms with Gasteiger partial charge in [0.1, 0.15) is 5.69 Å². The largest absolute Gasteiger partial charge is 0.478 e. The minimum absolute atomic E-state index is 0.0674. The number of anilines is 1. The van der Waals surface area contributed by atoms with E-state index >= 15 is 0 Å². The Bertz CT molecular complexity index is 1400. The standard InChI is InChI=1S/C24H16N4O5/c29-23-21-19(20(25-26-21)14-6-2-1-3-7-14)22(17-8-4-5-9-18(17)28(32)33)27(23)16-12-10-15(11-13-16)24(30)31/h1-13,22H,(H,25,26)(H,30,31). The lowest BCUT2D eigenvalue weighted by Gasteiger charge is -2.26. The third-order valence-electron chi connectivity index (χ3n) is 5.64. The van der Waals surface area contributed by atoms with E-state index in [-0.39, 0.29) is 16.9 Å². The van der Waals surface area contributed by atoms with Crippen molar-refractivity contribution in [1.82, 2.24) is 10.2 Å². The van der Waals surface area contributed by atoms with Gasteiger partial charge in [-0.3, -0.25) is 24.9 Å². The minimum atomic E-state index is -1.09. The smallest absolute Gasteiger partial charge is 0.335 e. The highest BCUT2D eigenvalue weighted by atomic mass is 16.6. The molecule has 0 spiro atoms. The first-order chi connectivity index (χ1) is 16.0. The van der Waals surface area contributed by atoms with Gasteiger partial charge in [0.05, 0.1) is 27.8 Å². The second-order valence-corrected chi connectivity index (χ2v) is 7.47. The number of aromatic nitrogens is 2. The van der Waals surface area contributed by atoms with Crippen LogP contribution in [0.1, 0.15) is 38.0 Å². The molecule has 9 nitrogen and oxygen atoms in total. The van der Waals surface area contributed by atoms with Crippen molar-refractivity contribution in [3.8, 4) is 11.3 Å². The minimum Gasteiger partial charge on any atom is -0.478 e. The van der Waals surface area contributed by atoms with Gasteiger partial charge in [-0.1, -0.05) is 42.5 Å². The molecule has 0 saturated heterocycles. The Hall–Kier alpha value is -4.79. The molecule has 0 radical (unpaired) electrons. The van der Waals surface area contributed by atoms with Crippen LogP contribution >= 0.6 is 0 Å². The average molecular weight is 440 g/mol. The molecule has 1 aliphatic heterocycles. The Morgan fingerprint density at radius 1 is 1.00 bits per heavy atom. The fraction of sp³-hybridized carbons (Fsp3) is 0.0417. The number of nitro benzene ring substituents is 1. The van der Waals surface area contributed by atoms with Gasteiger partial charge in [-0.15, -0.1) is 0 Å².